The number of amides is 2. The van der Waals surface area contributed by atoms with Crippen molar-refractivity contribution in [3.8, 4) is 11.5 Å². The van der Waals surface area contributed by atoms with E-state index in [9.17, 15) is 9.59 Å². The molecule has 0 saturated carbocycles. The van der Waals surface area contributed by atoms with E-state index in [1.54, 1.807) is 12.1 Å². The molecule has 2 aliphatic rings. The number of hydrogen-bond acceptors (Lipinski definition) is 7. The van der Waals surface area contributed by atoms with Crippen LogP contribution in [-0.2, 0) is 9.59 Å². The van der Waals surface area contributed by atoms with Gasteiger partial charge in [0.2, 0.25) is 11.8 Å². The smallest absolute Gasteiger partial charge is 0.244 e. The first-order chi connectivity index (χ1) is 14.4. The lowest BCUT2D eigenvalue weighted by Crippen LogP contribution is -2.52. The van der Waals surface area contributed by atoms with Gasteiger partial charge < -0.3 is 15.2 Å². The number of piperazine rings is 1. The molecule has 30 heavy (non-hydrogen) atoms. The monoisotopic (exact) mass is 417 g/mol. The topological polar surface area (TPSA) is 101 Å². The maximum atomic E-state index is 12.4. The third-order valence-electron chi connectivity index (χ3n) is 5.14. The Morgan fingerprint density at radius 3 is 2.47 bits per heavy atom. The minimum absolute atomic E-state index is 0.0190. The van der Waals surface area contributed by atoms with Crippen molar-refractivity contribution in [3.63, 3.8) is 0 Å². The van der Waals surface area contributed by atoms with Crippen LogP contribution in [0, 0.1) is 0 Å². The highest BCUT2D eigenvalue weighted by Gasteiger charge is 2.26. The second kappa shape index (κ2) is 9.90. The van der Waals surface area contributed by atoms with Gasteiger partial charge in [-0.3, -0.25) is 19.4 Å². The summed E-state index contributed by atoms with van der Waals surface area (Å²) >= 11 is 0. The molecule has 2 aliphatic heterocycles. The fourth-order valence-corrected chi connectivity index (χ4v) is 3.62. The second-order valence-electron chi connectivity index (χ2n) is 7.87. The van der Waals surface area contributed by atoms with Crippen LogP contribution >= 0.6 is 0 Å². The number of benzene rings is 1. The molecule has 1 aromatic rings. The summed E-state index contributed by atoms with van der Waals surface area (Å²) < 4.78 is 11.3. The highest BCUT2D eigenvalue weighted by Crippen LogP contribution is 2.30. The Balaban J connectivity index is 1.69. The lowest BCUT2D eigenvalue weighted by molar-refractivity contribution is -0.134. The zero-order valence-corrected chi connectivity index (χ0v) is 18.0. The summed E-state index contributed by atoms with van der Waals surface area (Å²) in [6, 6.07) is 5.74. The van der Waals surface area contributed by atoms with Crippen LogP contribution in [-0.4, -0.2) is 84.9 Å². The quantitative estimate of drug-likeness (QED) is 0.674. The van der Waals surface area contributed by atoms with Crippen molar-refractivity contribution in [3.05, 3.63) is 23.8 Å². The third-order valence-corrected chi connectivity index (χ3v) is 5.14. The molecule has 2 N–H and O–H groups in total. The van der Waals surface area contributed by atoms with E-state index in [2.05, 4.69) is 10.0 Å². The fourth-order valence-electron chi connectivity index (χ4n) is 3.62. The van der Waals surface area contributed by atoms with Gasteiger partial charge in [0, 0.05) is 44.6 Å². The second-order valence-corrected chi connectivity index (χ2v) is 7.87. The Morgan fingerprint density at radius 1 is 1.13 bits per heavy atom. The van der Waals surface area contributed by atoms with E-state index in [1.807, 2.05) is 36.9 Å². The van der Waals surface area contributed by atoms with Crippen molar-refractivity contribution in [1.29, 1.82) is 0 Å². The molecule has 0 radical (unpaired) electrons. The summed E-state index contributed by atoms with van der Waals surface area (Å²) in [5, 5.41) is 6.20. The molecule has 2 amide bonds. The van der Waals surface area contributed by atoms with Crippen LogP contribution in [0.3, 0.4) is 0 Å². The molecule has 2 heterocycles. The lowest BCUT2D eigenvalue weighted by Gasteiger charge is -2.36. The van der Waals surface area contributed by atoms with Gasteiger partial charge in [-0.1, -0.05) is 0 Å². The fraction of sp³-hybridized carbons (Fsp3) is 0.571. The number of rotatable bonds is 8. The predicted octanol–water partition coefficient (Wildman–Crippen LogP) is 0.869. The molecule has 0 spiro atoms. The molecular formula is C21H31N5O4. The summed E-state index contributed by atoms with van der Waals surface area (Å²) in [6.07, 6.45) is 1.04. The first-order valence-corrected chi connectivity index (χ1v) is 10.3. The number of ether oxygens (including phenoxy) is 2. The standard InChI is InChI=1S/C21H31N5O4/c1-15(2)30-19-12-16(4-6-18(19)29-3)17-5-7-21(28)26(23-17)14-25-10-8-24(9-11-25)13-20(22)27/h4,6,12,15H,5,7-11,13-14H2,1-3H3,(H2,22,27). The number of nitrogens with two attached hydrogens (primary N) is 1. The molecule has 9 nitrogen and oxygen atoms in total. The SMILES string of the molecule is COc1ccc(C2=NN(CN3CCN(CC(N)=O)CC3)C(=O)CC2)cc1OC(C)C. The van der Waals surface area contributed by atoms with Crippen molar-refractivity contribution >= 4 is 17.5 Å². The van der Waals surface area contributed by atoms with Gasteiger partial charge in [-0.2, -0.15) is 5.10 Å². The molecule has 0 aliphatic carbocycles. The van der Waals surface area contributed by atoms with Crippen molar-refractivity contribution in [2.75, 3.05) is 46.5 Å². The van der Waals surface area contributed by atoms with Gasteiger partial charge in [0.25, 0.3) is 0 Å². The Labute approximate surface area is 177 Å². The van der Waals surface area contributed by atoms with Gasteiger partial charge in [-0.05, 0) is 32.0 Å². The van der Waals surface area contributed by atoms with Crippen LogP contribution in [0.4, 0.5) is 0 Å². The Kier molecular flexibility index (Phi) is 7.28. The van der Waals surface area contributed by atoms with Crippen LogP contribution in [0.2, 0.25) is 0 Å². The number of primary amides is 1. The molecule has 0 unspecified atom stereocenters. The van der Waals surface area contributed by atoms with Gasteiger partial charge in [-0.15, -0.1) is 0 Å². The van der Waals surface area contributed by atoms with Crippen molar-refractivity contribution in [2.45, 2.75) is 32.8 Å². The summed E-state index contributed by atoms with van der Waals surface area (Å²) in [7, 11) is 1.61. The first kappa shape index (κ1) is 22.0. The number of carbonyl (C=O) groups is 2. The third kappa shape index (κ3) is 5.70. The van der Waals surface area contributed by atoms with Crippen molar-refractivity contribution in [2.24, 2.45) is 10.8 Å². The maximum absolute atomic E-state index is 12.4. The maximum Gasteiger partial charge on any atom is 0.244 e. The van der Waals surface area contributed by atoms with Crippen LogP contribution in [0.25, 0.3) is 0 Å². The first-order valence-electron chi connectivity index (χ1n) is 10.3. The van der Waals surface area contributed by atoms with E-state index in [0.29, 0.717) is 31.0 Å². The summed E-state index contributed by atoms with van der Waals surface area (Å²) in [5.74, 6) is 1.04. The largest absolute Gasteiger partial charge is 0.493 e. The number of carbonyl (C=O) groups excluding carboxylic acids is 2. The van der Waals surface area contributed by atoms with Gasteiger partial charge in [0.05, 0.1) is 32.1 Å². The highest BCUT2D eigenvalue weighted by atomic mass is 16.5. The minimum atomic E-state index is -0.316. The van der Waals surface area contributed by atoms with Crippen molar-refractivity contribution in [1.82, 2.24) is 14.8 Å². The molecule has 0 atom stereocenters. The number of hydrogen-bond donors (Lipinski definition) is 1. The number of methoxy groups -OCH3 is 1. The molecule has 3 rings (SSSR count). The van der Waals surface area contributed by atoms with E-state index < -0.39 is 0 Å². The molecule has 9 heteroatoms. The van der Waals surface area contributed by atoms with E-state index in [4.69, 9.17) is 15.2 Å². The van der Waals surface area contributed by atoms with Crippen molar-refractivity contribution < 1.29 is 19.1 Å². The van der Waals surface area contributed by atoms with E-state index in [0.717, 1.165) is 37.5 Å². The van der Waals surface area contributed by atoms with E-state index in [-0.39, 0.29) is 24.5 Å². The molecule has 0 bridgehead atoms. The van der Waals surface area contributed by atoms with Gasteiger partial charge in [0.1, 0.15) is 0 Å². The summed E-state index contributed by atoms with van der Waals surface area (Å²) in [5.41, 5.74) is 7.06. The molecule has 1 aromatic carbocycles. The van der Waals surface area contributed by atoms with Crippen LogP contribution < -0.4 is 15.2 Å². The Morgan fingerprint density at radius 2 is 1.83 bits per heavy atom. The number of nitrogens with zero attached hydrogens (tertiary/aromatic N) is 4. The van der Waals surface area contributed by atoms with Crippen LogP contribution in [0.15, 0.2) is 23.3 Å². The van der Waals surface area contributed by atoms with Crippen LogP contribution in [0.1, 0.15) is 32.3 Å². The average Bonchev–Trinajstić information content (AvgIpc) is 2.70. The minimum Gasteiger partial charge on any atom is -0.493 e. The Hall–Kier alpha value is -2.65. The summed E-state index contributed by atoms with van der Waals surface area (Å²) in [6.45, 7) is 7.66. The van der Waals surface area contributed by atoms with Gasteiger partial charge in [-0.25, -0.2) is 5.01 Å². The number of hydrazone groups is 1. The Bertz CT molecular complexity index is 803. The van der Waals surface area contributed by atoms with Crippen LogP contribution in [0.5, 0.6) is 11.5 Å². The summed E-state index contributed by atoms with van der Waals surface area (Å²) in [4.78, 5) is 27.7. The molecule has 1 fully saturated rings. The molecule has 1 saturated heterocycles. The molecule has 164 valence electrons. The predicted molar refractivity (Wildman–Crippen MR) is 113 cm³/mol. The van der Waals surface area contributed by atoms with Gasteiger partial charge >= 0.3 is 0 Å². The van der Waals surface area contributed by atoms with E-state index >= 15 is 0 Å². The lowest BCUT2D eigenvalue weighted by atomic mass is 10.0. The van der Waals surface area contributed by atoms with E-state index in [1.165, 1.54) is 0 Å². The average molecular weight is 418 g/mol. The zero-order valence-electron chi connectivity index (χ0n) is 18.0. The molecule has 0 aromatic heterocycles. The van der Waals surface area contributed by atoms with Gasteiger partial charge in [0.15, 0.2) is 11.5 Å². The highest BCUT2D eigenvalue weighted by molar-refractivity contribution is 6.04. The normalized spacial score (nSPS) is 18.5. The molecular weight excluding hydrogens is 386 g/mol. The zero-order chi connectivity index (χ0) is 21.7.